The Bertz CT molecular complexity index is 750. The number of nitrogens with one attached hydrogen (secondary N) is 3. The number of carbonyl (C=O) groups is 1. The van der Waals surface area contributed by atoms with Gasteiger partial charge in [-0.1, -0.05) is 18.2 Å². The third-order valence-corrected chi connectivity index (χ3v) is 4.77. The zero-order valence-electron chi connectivity index (χ0n) is 14.1. The number of benzene rings is 2. The normalized spacial score (nSPS) is 10.2. The summed E-state index contributed by atoms with van der Waals surface area (Å²) >= 11 is 6.55. The number of thiocarbonyl (C=S) groups is 1. The average Bonchev–Trinajstić information content (AvgIpc) is 2.60. The second-order valence-electron chi connectivity index (χ2n) is 5.52. The Morgan fingerprint density at radius 2 is 1.80 bits per heavy atom. The van der Waals surface area contributed by atoms with Crippen molar-refractivity contribution in [3.05, 3.63) is 65.0 Å². The number of halogens is 1. The van der Waals surface area contributed by atoms with E-state index >= 15 is 0 Å². The molecule has 0 radical (unpaired) electrons. The van der Waals surface area contributed by atoms with Crippen molar-refractivity contribution in [1.82, 2.24) is 16.2 Å². The van der Waals surface area contributed by atoms with Crippen molar-refractivity contribution in [1.29, 1.82) is 0 Å². The molecule has 0 saturated carbocycles. The first-order valence-electron chi connectivity index (χ1n) is 7.71. The Balaban J connectivity index is 1.67. The number of carbonyl (C=O) groups excluding carboxylic acids is 1. The third-order valence-electron chi connectivity index (χ3n) is 3.53. The highest BCUT2D eigenvalue weighted by Gasteiger charge is 2.04. The van der Waals surface area contributed by atoms with Crippen LogP contribution < -0.4 is 16.2 Å². The van der Waals surface area contributed by atoms with Gasteiger partial charge in [-0.2, -0.15) is 0 Å². The molecule has 0 spiro atoms. The molecule has 0 bridgehead atoms. The lowest BCUT2D eigenvalue weighted by Gasteiger charge is -2.12. The quantitative estimate of drug-likeness (QED) is 0.424. The van der Waals surface area contributed by atoms with Crippen molar-refractivity contribution in [3.63, 3.8) is 0 Å². The van der Waals surface area contributed by atoms with Gasteiger partial charge in [0.2, 0.25) is 5.91 Å². The van der Waals surface area contributed by atoms with Crippen molar-refractivity contribution in [2.45, 2.75) is 25.3 Å². The number of thioether (sulfide) groups is 1. The predicted molar refractivity (Wildman–Crippen MR) is 104 cm³/mol. The first-order valence-corrected chi connectivity index (χ1v) is 9.10. The van der Waals surface area contributed by atoms with E-state index in [0.717, 1.165) is 10.5 Å². The van der Waals surface area contributed by atoms with E-state index in [1.807, 2.05) is 19.1 Å². The van der Waals surface area contributed by atoms with Crippen molar-refractivity contribution in [2.24, 2.45) is 0 Å². The van der Waals surface area contributed by atoms with Crippen LogP contribution in [0.1, 0.15) is 16.7 Å². The molecule has 25 heavy (non-hydrogen) atoms. The first-order chi connectivity index (χ1) is 11.9. The molecule has 2 rings (SSSR count). The second-order valence-corrected chi connectivity index (χ2v) is 6.97. The molecular weight excluding hydrogens is 357 g/mol. The molecule has 0 atom stereocenters. The molecule has 0 aliphatic rings. The van der Waals surface area contributed by atoms with Crippen LogP contribution >= 0.6 is 24.0 Å². The number of rotatable bonds is 5. The maximum Gasteiger partial charge on any atom is 0.248 e. The van der Waals surface area contributed by atoms with Crippen molar-refractivity contribution < 1.29 is 9.18 Å². The molecular formula is C18H20FN3OS2. The average molecular weight is 378 g/mol. The molecule has 2 aromatic carbocycles. The fourth-order valence-electron chi connectivity index (χ4n) is 1.94. The van der Waals surface area contributed by atoms with Crippen LogP contribution in [0.3, 0.4) is 0 Å². The van der Waals surface area contributed by atoms with Gasteiger partial charge in [-0.05, 0) is 67.0 Å². The molecule has 0 unspecified atom stereocenters. The van der Waals surface area contributed by atoms with Gasteiger partial charge < -0.3 is 5.32 Å². The summed E-state index contributed by atoms with van der Waals surface area (Å²) in [6.45, 7) is 4.55. The lowest BCUT2D eigenvalue weighted by atomic mass is 10.1. The van der Waals surface area contributed by atoms with Gasteiger partial charge in [0, 0.05) is 11.4 Å². The molecule has 0 heterocycles. The van der Waals surface area contributed by atoms with E-state index in [0.29, 0.717) is 11.7 Å². The van der Waals surface area contributed by atoms with E-state index in [9.17, 15) is 9.18 Å². The van der Waals surface area contributed by atoms with Crippen molar-refractivity contribution >= 4 is 35.0 Å². The van der Waals surface area contributed by atoms with E-state index in [1.54, 1.807) is 12.1 Å². The number of hydrogen-bond acceptors (Lipinski definition) is 3. The number of amides is 1. The minimum Gasteiger partial charge on any atom is -0.357 e. The summed E-state index contributed by atoms with van der Waals surface area (Å²) in [4.78, 5) is 12.9. The van der Waals surface area contributed by atoms with Gasteiger partial charge in [0.15, 0.2) is 5.11 Å². The van der Waals surface area contributed by atoms with E-state index in [-0.39, 0.29) is 17.5 Å². The van der Waals surface area contributed by atoms with Crippen LogP contribution in [0.15, 0.2) is 47.4 Å². The first kappa shape index (κ1) is 19.2. The molecule has 2 aromatic rings. The summed E-state index contributed by atoms with van der Waals surface area (Å²) in [6, 6.07) is 12.2. The standard InChI is InChI=1S/C18H20FN3OS2/c1-12-3-8-16(9-13(12)2)25-11-17(23)21-22-18(24)20-10-14-4-6-15(19)7-5-14/h3-9H,10-11H2,1-2H3,(H,21,23)(H2,20,22,24). The Morgan fingerprint density at radius 3 is 2.48 bits per heavy atom. The van der Waals surface area contributed by atoms with Crippen LogP contribution in [0.25, 0.3) is 0 Å². The topological polar surface area (TPSA) is 53.2 Å². The summed E-state index contributed by atoms with van der Waals surface area (Å²) in [5.74, 6) is -0.164. The molecule has 7 heteroatoms. The molecule has 0 fully saturated rings. The van der Waals surface area contributed by atoms with Crippen LogP contribution in [0.5, 0.6) is 0 Å². The monoisotopic (exact) mass is 377 g/mol. The highest BCUT2D eigenvalue weighted by Crippen LogP contribution is 2.20. The van der Waals surface area contributed by atoms with Gasteiger partial charge in [0.25, 0.3) is 0 Å². The van der Waals surface area contributed by atoms with Crippen LogP contribution in [0.4, 0.5) is 4.39 Å². The van der Waals surface area contributed by atoms with Gasteiger partial charge in [-0.15, -0.1) is 11.8 Å². The largest absolute Gasteiger partial charge is 0.357 e. The van der Waals surface area contributed by atoms with Gasteiger partial charge in [-0.3, -0.25) is 15.6 Å². The molecule has 0 aliphatic heterocycles. The highest BCUT2D eigenvalue weighted by molar-refractivity contribution is 8.00. The second kappa shape index (κ2) is 9.39. The molecule has 132 valence electrons. The summed E-state index contributed by atoms with van der Waals surface area (Å²) < 4.78 is 12.8. The zero-order chi connectivity index (χ0) is 18.2. The zero-order valence-corrected chi connectivity index (χ0v) is 15.7. The Labute approximate surface area is 156 Å². The summed E-state index contributed by atoms with van der Waals surface area (Å²) in [5.41, 5.74) is 8.53. The maximum absolute atomic E-state index is 12.8. The minimum absolute atomic E-state index is 0.172. The summed E-state index contributed by atoms with van der Waals surface area (Å²) in [5, 5.41) is 3.24. The third kappa shape index (κ3) is 6.72. The van der Waals surface area contributed by atoms with Crippen molar-refractivity contribution in [3.8, 4) is 0 Å². The van der Waals surface area contributed by atoms with Crippen LogP contribution in [-0.2, 0) is 11.3 Å². The number of hydrogen-bond donors (Lipinski definition) is 3. The van der Waals surface area contributed by atoms with Crippen LogP contribution in [-0.4, -0.2) is 16.8 Å². The van der Waals surface area contributed by atoms with E-state index in [2.05, 4.69) is 29.2 Å². The van der Waals surface area contributed by atoms with Gasteiger partial charge in [0.05, 0.1) is 5.75 Å². The fraction of sp³-hybridized carbons (Fsp3) is 0.222. The smallest absolute Gasteiger partial charge is 0.248 e. The SMILES string of the molecule is Cc1ccc(SCC(=O)NNC(=S)NCc2ccc(F)cc2)cc1C. The molecule has 4 nitrogen and oxygen atoms in total. The van der Waals surface area contributed by atoms with E-state index in [1.165, 1.54) is 35.0 Å². The van der Waals surface area contributed by atoms with Gasteiger partial charge >= 0.3 is 0 Å². The summed E-state index contributed by atoms with van der Waals surface area (Å²) in [6.07, 6.45) is 0. The minimum atomic E-state index is -0.280. The Hall–Kier alpha value is -2.12. The van der Waals surface area contributed by atoms with E-state index < -0.39 is 0 Å². The van der Waals surface area contributed by atoms with Crippen molar-refractivity contribution in [2.75, 3.05) is 5.75 Å². The van der Waals surface area contributed by atoms with Crippen LogP contribution in [0, 0.1) is 19.7 Å². The molecule has 3 N–H and O–H groups in total. The van der Waals surface area contributed by atoms with Gasteiger partial charge in [0.1, 0.15) is 5.82 Å². The maximum atomic E-state index is 12.8. The molecule has 0 aliphatic carbocycles. The lowest BCUT2D eigenvalue weighted by Crippen LogP contribution is -2.47. The molecule has 1 amide bonds. The lowest BCUT2D eigenvalue weighted by molar-refractivity contribution is -0.119. The Kier molecular flexibility index (Phi) is 7.21. The highest BCUT2D eigenvalue weighted by atomic mass is 32.2. The number of hydrazine groups is 1. The van der Waals surface area contributed by atoms with Gasteiger partial charge in [-0.25, -0.2) is 4.39 Å². The fourth-order valence-corrected chi connectivity index (χ4v) is 2.86. The van der Waals surface area contributed by atoms with Crippen LogP contribution in [0.2, 0.25) is 0 Å². The number of aryl methyl sites for hydroxylation is 2. The Morgan fingerprint density at radius 1 is 1.08 bits per heavy atom. The summed E-state index contributed by atoms with van der Waals surface area (Å²) in [7, 11) is 0. The predicted octanol–water partition coefficient (Wildman–Crippen LogP) is 3.23. The molecule has 0 saturated heterocycles. The van der Waals surface area contributed by atoms with E-state index in [4.69, 9.17) is 12.2 Å². The molecule has 0 aromatic heterocycles.